The molecule has 1 N–H and O–H groups in total. The number of aryl methyl sites for hydroxylation is 1. The molecule has 4 rings (SSSR count). The first kappa shape index (κ1) is 23.3. The third-order valence-corrected chi connectivity index (χ3v) is 5.77. The molecule has 8 nitrogen and oxygen atoms in total. The molecular weight excluding hydrogens is 458 g/mol. The van der Waals surface area contributed by atoms with E-state index < -0.39 is 29.7 Å². The molecule has 1 heterocycles. The molecule has 3 aromatic carbocycles. The van der Waals surface area contributed by atoms with Crippen LogP contribution in [-0.2, 0) is 19.2 Å². The zero-order valence-electron chi connectivity index (χ0n) is 18.6. The normalized spacial score (nSPS) is 15.5. The molecule has 1 aliphatic rings. The number of benzene rings is 3. The van der Waals surface area contributed by atoms with E-state index in [1.807, 2.05) is 36.4 Å². The molecule has 0 saturated carbocycles. The first-order chi connectivity index (χ1) is 16.3. The average molecular weight is 480 g/mol. The van der Waals surface area contributed by atoms with Gasteiger partial charge in [0, 0.05) is 17.3 Å². The van der Waals surface area contributed by atoms with Crippen molar-refractivity contribution in [2.45, 2.75) is 26.3 Å². The highest BCUT2D eigenvalue weighted by Gasteiger charge is 2.45. The van der Waals surface area contributed by atoms with Crippen LogP contribution in [0.25, 0.3) is 10.8 Å². The fourth-order valence-electron chi connectivity index (χ4n) is 3.90. The van der Waals surface area contributed by atoms with Crippen LogP contribution in [0.15, 0.2) is 60.7 Å². The third-order valence-electron chi connectivity index (χ3n) is 5.54. The van der Waals surface area contributed by atoms with Crippen molar-refractivity contribution in [3.05, 3.63) is 71.2 Å². The van der Waals surface area contributed by atoms with Gasteiger partial charge in [-0.05, 0) is 36.1 Å². The summed E-state index contributed by atoms with van der Waals surface area (Å²) in [5.41, 5.74) is 3.44. The van der Waals surface area contributed by atoms with Gasteiger partial charge in [0.05, 0.1) is 12.1 Å². The zero-order chi connectivity index (χ0) is 24.4. The number of hydrazine groups is 1. The van der Waals surface area contributed by atoms with Crippen LogP contribution in [0.1, 0.15) is 18.9 Å². The Hall–Kier alpha value is -3.91. The van der Waals surface area contributed by atoms with Gasteiger partial charge in [-0.3, -0.25) is 24.6 Å². The van der Waals surface area contributed by atoms with Crippen LogP contribution >= 0.6 is 11.6 Å². The molecule has 3 aromatic rings. The highest BCUT2D eigenvalue weighted by atomic mass is 35.5. The Morgan fingerprint density at radius 2 is 1.85 bits per heavy atom. The Bertz CT molecular complexity index is 1300. The van der Waals surface area contributed by atoms with E-state index >= 15 is 0 Å². The minimum Gasteiger partial charge on any atom is -0.483 e. The van der Waals surface area contributed by atoms with Gasteiger partial charge in [0.15, 0.2) is 6.61 Å². The molecule has 0 aromatic heterocycles. The molecule has 9 heteroatoms. The lowest BCUT2D eigenvalue weighted by Gasteiger charge is -2.27. The third kappa shape index (κ3) is 4.58. The van der Waals surface area contributed by atoms with Gasteiger partial charge in [0.25, 0.3) is 11.8 Å². The number of halogens is 1. The number of rotatable bonds is 5. The van der Waals surface area contributed by atoms with E-state index in [-0.39, 0.29) is 13.0 Å². The highest BCUT2D eigenvalue weighted by molar-refractivity contribution is 6.31. The molecule has 1 unspecified atom stereocenters. The van der Waals surface area contributed by atoms with E-state index in [2.05, 4.69) is 5.43 Å². The van der Waals surface area contributed by atoms with Crippen LogP contribution in [0.4, 0.5) is 5.69 Å². The topological polar surface area (TPSA) is 96.0 Å². The Balaban J connectivity index is 1.48. The monoisotopic (exact) mass is 479 g/mol. The van der Waals surface area contributed by atoms with Crippen molar-refractivity contribution in [3.63, 3.8) is 0 Å². The maximum atomic E-state index is 13.1. The second-order valence-corrected chi connectivity index (χ2v) is 8.34. The summed E-state index contributed by atoms with van der Waals surface area (Å²) in [5.74, 6) is -1.83. The predicted molar refractivity (Wildman–Crippen MR) is 127 cm³/mol. The number of hydrogen-bond acceptors (Lipinski definition) is 5. The number of amides is 4. The summed E-state index contributed by atoms with van der Waals surface area (Å²) in [6, 6.07) is 16.7. The fraction of sp³-hybridized carbons (Fsp3) is 0.200. The smallest absolute Gasteiger partial charge is 0.276 e. The standard InChI is InChI=1S/C25H22ClN3O5/c1-15-10-11-18(26)12-20(15)28-24(32)13-21(25(28)33)29(16(2)30)27-23(31)14-34-22-9-5-7-17-6-3-4-8-19(17)22/h3-12,21H,13-14H2,1-2H3,(H,27,31). The zero-order valence-corrected chi connectivity index (χ0v) is 19.3. The van der Waals surface area contributed by atoms with Gasteiger partial charge >= 0.3 is 0 Å². The first-order valence-corrected chi connectivity index (χ1v) is 11.0. The Morgan fingerprint density at radius 1 is 1.12 bits per heavy atom. The van der Waals surface area contributed by atoms with Gasteiger partial charge in [-0.1, -0.05) is 54.1 Å². The maximum Gasteiger partial charge on any atom is 0.276 e. The number of nitrogens with one attached hydrogen (secondary N) is 1. The number of hydrogen-bond donors (Lipinski definition) is 1. The van der Waals surface area contributed by atoms with E-state index in [4.69, 9.17) is 16.3 Å². The molecule has 0 spiro atoms. The van der Waals surface area contributed by atoms with Crippen LogP contribution in [0.3, 0.4) is 0 Å². The molecule has 4 amide bonds. The Kier molecular flexibility index (Phi) is 6.51. The quantitative estimate of drug-likeness (QED) is 0.447. The second kappa shape index (κ2) is 9.52. The molecule has 1 aliphatic heterocycles. The van der Waals surface area contributed by atoms with Gasteiger partial charge in [-0.2, -0.15) is 0 Å². The predicted octanol–water partition coefficient (Wildman–Crippen LogP) is 3.39. The summed E-state index contributed by atoms with van der Waals surface area (Å²) in [5, 5.41) is 3.05. The van der Waals surface area contributed by atoms with Crippen molar-refractivity contribution in [1.29, 1.82) is 0 Å². The van der Waals surface area contributed by atoms with E-state index in [0.717, 1.165) is 20.7 Å². The minimum atomic E-state index is -1.18. The molecule has 0 bridgehead atoms. The van der Waals surface area contributed by atoms with Crippen LogP contribution in [0.2, 0.25) is 5.02 Å². The molecule has 0 aliphatic carbocycles. The van der Waals surface area contributed by atoms with E-state index in [9.17, 15) is 19.2 Å². The van der Waals surface area contributed by atoms with Crippen molar-refractivity contribution >= 4 is 51.7 Å². The van der Waals surface area contributed by atoms with Gasteiger partial charge in [-0.15, -0.1) is 0 Å². The van der Waals surface area contributed by atoms with Crippen molar-refractivity contribution < 1.29 is 23.9 Å². The largest absolute Gasteiger partial charge is 0.483 e. The van der Waals surface area contributed by atoms with Gasteiger partial charge in [0.2, 0.25) is 11.8 Å². The van der Waals surface area contributed by atoms with Crippen molar-refractivity contribution in [1.82, 2.24) is 10.4 Å². The number of nitrogens with zero attached hydrogens (tertiary/aromatic N) is 2. The lowest BCUT2D eigenvalue weighted by atomic mass is 10.1. The van der Waals surface area contributed by atoms with E-state index in [1.54, 1.807) is 25.1 Å². The SMILES string of the molecule is CC(=O)N(NC(=O)COc1cccc2ccccc12)C1CC(=O)N(c2cc(Cl)ccc2C)C1=O. The van der Waals surface area contributed by atoms with Gasteiger partial charge in [0.1, 0.15) is 11.8 Å². The molecule has 0 radical (unpaired) electrons. The summed E-state index contributed by atoms with van der Waals surface area (Å²) in [6.07, 6.45) is -0.269. The summed E-state index contributed by atoms with van der Waals surface area (Å²) in [4.78, 5) is 51.7. The molecule has 174 valence electrons. The number of ether oxygens (including phenoxy) is 1. The fourth-order valence-corrected chi connectivity index (χ4v) is 4.07. The molecule has 1 atom stereocenters. The summed E-state index contributed by atoms with van der Waals surface area (Å²) in [7, 11) is 0. The lowest BCUT2D eigenvalue weighted by Crippen LogP contribution is -2.55. The van der Waals surface area contributed by atoms with Crippen LogP contribution in [0, 0.1) is 6.92 Å². The summed E-state index contributed by atoms with van der Waals surface area (Å²) >= 11 is 6.05. The number of anilines is 1. The number of imide groups is 1. The summed E-state index contributed by atoms with van der Waals surface area (Å²) in [6.45, 7) is 2.56. The van der Waals surface area contributed by atoms with E-state index in [0.29, 0.717) is 22.0 Å². The Labute approximate surface area is 201 Å². The van der Waals surface area contributed by atoms with Crippen LogP contribution in [0.5, 0.6) is 5.75 Å². The first-order valence-electron chi connectivity index (χ1n) is 10.6. The van der Waals surface area contributed by atoms with Gasteiger partial charge in [-0.25, -0.2) is 9.91 Å². The van der Waals surface area contributed by atoms with Crippen molar-refractivity contribution in [2.24, 2.45) is 0 Å². The molecule has 1 saturated heterocycles. The lowest BCUT2D eigenvalue weighted by molar-refractivity contribution is -0.146. The highest BCUT2D eigenvalue weighted by Crippen LogP contribution is 2.30. The van der Waals surface area contributed by atoms with Crippen molar-refractivity contribution in [2.75, 3.05) is 11.5 Å². The number of fused-ring (bicyclic) bond motifs is 1. The minimum absolute atomic E-state index is 0.269. The van der Waals surface area contributed by atoms with Crippen LogP contribution in [-0.4, -0.2) is 41.3 Å². The number of carbonyl (C=O) groups excluding carboxylic acids is 4. The van der Waals surface area contributed by atoms with Crippen LogP contribution < -0.4 is 15.1 Å². The Morgan fingerprint density at radius 3 is 2.62 bits per heavy atom. The summed E-state index contributed by atoms with van der Waals surface area (Å²) < 4.78 is 5.66. The maximum absolute atomic E-state index is 13.1. The van der Waals surface area contributed by atoms with Crippen molar-refractivity contribution in [3.8, 4) is 5.75 Å². The molecule has 34 heavy (non-hydrogen) atoms. The molecular formula is C25H22ClN3O5. The van der Waals surface area contributed by atoms with E-state index in [1.165, 1.54) is 13.0 Å². The average Bonchev–Trinajstić information content (AvgIpc) is 3.10. The van der Waals surface area contributed by atoms with Gasteiger partial charge < -0.3 is 4.74 Å². The number of carbonyl (C=O) groups is 4. The second-order valence-electron chi connectivity index (χ2n) is 7.91. The molecule has 1 fully saturated rings.